The fourth-order valence-electron chi connectivity index (χ4n) is 1.80. The lowest BCUT2D eigenvalue weighted by atomic mass is 10.2. The van der Waals surface area contributed by atoms with E-state index in [1.807, 2.05) is 24.3 Å². The first-order valence-electron chi connectivity index (χ1n) is 7.33. The van der Waals surface area contributed by atoms with Gasteiger partial charge in [0.15, 0.2) is 0 Å². The van der Waals surface area contributed by atoms with Crippen LogP contribution in [0.2, 0.25) is 0 Å². The summed E-state index contributed by atoms with van der Waals surface area (Å²) in [6.07, 6.45) is 1.32. The normalized spacial score (nSPS) is 11.3. The van der Waals surface area contributed by atoms with E-state index in [-0.39, 0.29) is 0 Å². The van der Waals surface area contributed by atoms with Crippen LogP contribution in [0.1, 0.15) is 25.8 Å². The van der Waals surface area contributed by atoms with Gasteiger partial charge in [0.1, 0.15) is 5.75 Å². The van der Waals surface area contributed by atoms with Crippen LogP contribution in [0.15, 0.2) is 24.3 Å². The van der Waals surface area contributed by atoms with Gasteiger partial charge in [0.05, 0.1) is 19.3 Å². The van der Waals surface area contributed by atoms with Crippen molar-refractivity contribution >= 4 is 0 Å². The molecule has 0 saturated carbocycles. The second kappa shape index (κ2) is 9.75. The molecular formula is C16H28N2O2. The molecule has 1 aromatic rings. The zero-order chi connectivity index (χ0) is 14.8. The predicted molar refractivity (Wildman–Crippen MR) is 83.0 cm³/mol. The Balaban J connectivity index is 2.08. The lowest BCUT2D eigenvalue weighted by Crippen LogP contribution is -2.26. The third-order valence-electron chi connectivity index (χ3n) is 3.04. The number of ether oxygens (including phenoxy) is 2. The monoisotopic (exact) mass is 280 g/mol. The highest BCUT2D eigenvalue weighted by molar-refractivity contribution is 5.26. The molecule has 4 heteroatoms. The molecule has 0 aliphatic heterocycles. The molecule has 0 bridgehead atoms. The number of rotatable bonds is 10. The second-order valence-corrected chi connectivity index (χ2v) is 5.27. The van der Waals surface area contributed by atoms with E-state index >= 15 is 0 Å². The highest BCUT2D eigenvalue weighted by Gasteiger charge is 2.00. The summed E-state index contributed by atoms with van der Waals surface area (Å²) in [6, 6.07) is 7.96. The maximum atomic E-state index is 5.70. The number of nitrogens with two attached hydrogens (primary N) is 1. The van der Waals surface area contributed by atoms with Crippen molar-refractivity contribution in [1.29, 1.82) is 0 Å². The first-order valence-corrected chi connectivity index (χ1v) is 7.33. The van der Waals surface area contributed by atoms with Gasteiger partial charge in [0, 0.05) is 19.6 Å². The Kier molecular flexibility index (Phi) is 8.26. The molecule has 0 heterocycles. The number of hydrogen-bond acceptors (Lipinski definition) is 4. The van der Waals surface area contributed by atoms with Gasteiger partial charge in [-0.1, -0.05) is 12.1 Å². The maximum Gasteiger partial charge on any atom is 0.119 e. The smallest absolute Gasteiger partial charge is 0.119 e. The molecule has 4 nitrogen and oxygen atoms in total. The Morgan fingerprint density at radius 1 is 1.10 bits per heavy atom. The number of nitrogens with zero attached hydrogens (tertiary/aromatic N) is 1. The van der Waals surface area contributed by atoms with Crippen LogP contribution in [0.5, 0.6) is 5.75 Å². The molecule has 0 radical (unpaired) electrons. The summed E-state index contributed by atoms with van der Waals surface area (Å²) in [5, 5.41) is 0. The van der Waals surface area contributed by atoms with E-state index in [9.17, 15) is 0 Å². The molecule has 0 aromatic heterocycles. The van der Waals surface area contributed by atoms with Crippen LogP contribution >= 0.6 is 0 Å². The molecule has 0 amide bonds. The number of benzene rings is 1. The molecule has 0 saturated heterocycles. The van der Waals surface area contributed by atoms with E-state index in [4.69, 9.17) is 15.2 Å². The van der Waals surface area contributed by atoms with Gasteiger partial charge < -0.3 is 20.1 Å². The zero-order valence-corrected chi connectivity index (χ0v) is 13.0. The van der Waals surface area contributed by atoms with E-state index in [1.54, 1.807) is 0 Å². The summed E-state index contributed by atoms with van der Waals surface area (Å²) >= 11 is 0. The average Bonchev–Trinajstić information content (AvgIpc) is 2.44. The Morgan fingerprint density at radius 3 is 2.40 bits per heavy atom. The fourth-order valence-corrected chi connectivity index (χ4v) is 1.80. The van der Waals surface area contributed by atoms with E-state index in [2.05, 4.69) is 25.8 Å². The molecule has 2 N–H and O–H groups in total. The molecule has 1 rings (SSSR count). The van der Waals surface area contributed by atoms with Crippen molar-refractivity contribution < 1.29 is 9.47 Å². The summed E-state index contributed by atoms with van der Waals surface area (Å²) in [5.41, 5.74) is 6.68. The SMILES string of the molecule is CC(C)OCCN(C)CCCOc1ccc(CN)cc1. The van der Waals surface area contributed by atoms with Crippen molar-refractivity contribution in [3.05, 3.63) is 29.8 Å². The zero-order valence-electron chi connectivity index (χ0n) is 13.0. The molecule has 0 fully saturated rings. The Morgan fingerprint density at radius 2 is 1.80 bits per heavy atom. The topological polar surface area (TPSA) is 47.7 Å². The van der Waals surface area contributed by atoms with Crippen LogP contribution in [-0.2, 0) is 11.3 Å². The van der Waals surface area contributed by atoms with Gasteiger partial charge in [-0.3, -0.25) is 0 Å². The van der Waals surface area contributed by atoms with Crippen LogP contribution in [0.25, 0.3) is 0 Å². The van der Waals surface area contributed by atoms with Crippen molar-refractivity contribution in [2.45, 2.75) is 32.9 Å². The summed E-state index contributed by atoms with van der Waals surface area (Å²) in [4.78, 5) is 2.27. The fraction of sp³-hybridized carbons (Fsp3) is 0.625. The van der Waals surface area contributed by atoms with Crippen molar-refractivity contribution in [2.24, 2.45) is 5.73 Å². The molecule has 0 aliphatic carbocycles. The van der Waals surface area contributed by atoms with Crippen molar-refractivity contribution in [3.8, 4) is 5.75 Å². The quantitative estimate of drug-likeness (QED) is 0.668. The largest absolute Gasteiger partial charge is 0.494 e. The van der Waals surface area contributed by atoms with Crippen LogP contribution < -0.4 is 10.5 Å². The Hall–Kier alpha value is -1.10. The van der Waals surface area contributed by atoms with E-state index in [0.29, 0.717) is 12.6 Å². The molecule has 114 valence electrons. The van der Waals surface area contributed by atoms with Crippen molar-refractivity contribution in [3.63, 3.8) is 0 Å². The number of likely N-dealkylation sites (N-methyl/N-ethyl adjacent to an activating group) is 1. The molecular weight excluding hydrogens is 252 g/mol. The number of hydrogen-bond donors (Lipinski definition) is 1. The average molecular weight is 280 g/mol. The third-order valence-corrected chi connectivity index (χ3v) is 3.04. The highest BCUT2D eigenvalue weighted by Crippen LogP contribution is 2.11. The van der Waals surface area contributed by atoms with Crippen LogP contribution in [0.3, 0.4) is 0 Å². The molecule has 0 aliphatic rings. The molecule has 0 spiro atoms. The van der Waals surface area contributed by atoms with E-state index in [1.165, 1.54) is 0 Å². The van der Waals surface area contributed by atoms with Crippen LogP contribution in [-0.4, -0.2) is 44.4 Å². The Labute approximate surface area is 122 Å². The third kappa shape index (κ3) is 7.48. The molecule has 0 atom stereocenters. The summed E-state index contributed by atoms with van der Waals surface area (Å²) in [6.45, 7) is 8.19. The van der Waals surface area contributed by atoms with Crippen LogP contribution in [0, 0.1) is 0 Å². The highest BCUT2D eigenvalue weighted by atomic mass is 16.5. The van der Waals surface area contributed by atoms with Gasteiger partial charge in [-0.15, -0.1) is 0 Å². The molecule has 0 unspecified atom stereocenters. The summed E-state index contributed by atoms with van der Waals surface area (Å²) in [7, 11) is 2.11. The predicted octanol–water partition coefficient (Wildman–Crippen LogP) is 2.27. The summed E-state index contributed by atoms with van der Waals surface area (Å²) < 4.78 is 11.2. The summed E-state index contributed by atoms with van der Waals surface area (Å²) in [5.74, 6) is 0.910. The minimum atomic E-state index is 0.309. The second-order valence-electron chi connectivity index (χ2n) is 5.27. The maximum absolute atomic E-state index is 5.70. The van der Waals surface area contributed by atoms with Gasteiger partial charge in [0.25, 0.3) is 0 Å². The van der Waals surface area contributed by atoms with Gasteiger partial charge in [-0.05, 0) is 45.0 Å². The lowest BCUT2D eigenvalue weighted by molar-refractivity contribution is 0.0630. The minimum Gasteiger partial charge on any atom is -0.494 e. The van der Waals surface area contributed by atoms with Crippen molar-refractivity contribution in [1.82, 2.24) is 4.90 Å². The van der Waals surface area contributed by atoms with Gasteiger partial charge in [0.2, 0.25) is 0 Å². The van der Waals surface area contributed by atoms with Gasteiger partial charge in [-0.2, -0.15) is 0 Å². The molecule has 1 aromatic carbocycles. The van der Waals surface area contributed by atoms with Gasteiger partial charge in [-0.25, -0.2) is 0 Å². The minimum absolute atomic E-state index is 0.309. The van der Waals surface area contributed by atoms with Crippen molar-refractivity contribution in [2.75, 3.05) is 33.4 Å². The Bertz CT molecular complexity index is 352. The lowest BCUT2D eigenvalue weighted by Gasteiger charge is -2.17. The first kappa shape index (κ1) is 17.0. The van der Waals surface area contributed by atoms with Gasteiger partial charge >= 0.3 is 0 Å². The van der Waals surface area contributed by atoms with E-state index < -0.39 is 0 Å². The molecule has 20 heavy (non-hydrogen) atoms. The first-order chi connectivity index (χ1) is 9.61. The standard InChI is InChI=1S/C16H28N2O2/c1-14(2)19-12-10-18(3)9-4-11-20-16-7-5-15(13-17)6-8-16/h5-8,14H,4,9-13,17H2,1-3H3. The van der Waals surface area contributed by atoms with E-state index in [0.717, 1.165) is 44.0 Å². The van der Waals surface area contributed by atoms with Crippen LogP contribution in [0.4, 0.5) is 0 Å².